The summed E-state index contributed by atoms with van der Waals surface area (Å²) >= 11 is 1.77. The molecular weight excluding hydrogens is 408 g/mol. The van der Waals surface area contributed by atoms with E-state index in [1.54, 1.807) is 11.8 Å². The average Bonchev–Trinajstić information content (AvgIpc) is 3.42. The molecular formula is C25H28N2O3S. The summed E-state index contributed by atoms with van der Waals surface area (Å²) in [6.45, 7) is 4.73. The van der Waals surface area contributed by atoms with Crippen molar-refractivity contribution in [2.75, 3.05) is 12.4 Å². The van der Waals surface area contributed by atoms with Gasteiger partial charge in [0.2, 0.25) is 5.78 Å². The van der Waals surface area contributed by atoms with Crippen molar-refractivity contribution >= 4 is 23.5 Å². The molecule has 1 unspecified atom stereocenters. The van der Waals surface area contributed by atoms with E-state index in [0.717, 1.165) is 34.0 Å². The van der Waals surface area contributed by atoms with Gasteiger partial charge >= 0.3 is 5.97 Å². The first-order chi connectivity index (χ1) is 15.0. The molecule has 0 radical (unpaired) electrons. The lowest BCUT2D eigenvalue weighted by Gasteiger charge is -2.31. The lowest BCUT2D eigenvalue weighted by molar-refractivity contribution is -0.158. The van der Waals surface area contributed by atoms with Crippen LogP contribution in [0.3, 0.4) is 0 Å². The first-order valence-electron chi connectivity index (χ1n) is 10.6. The number of allylic oxidation sites excluding steroid dienone is 1. The zero-order valence-corrected chi connectivity index (χ0v) is 18.7. The third-order valence-corrected chi connectivity index (χ3v) is 7.68. The molecule has 3 atom stereocenters. The molecule has 0 aliphatic carbocycles. The van der Waals surface area contributed by atoms with E-state index in [1.165, 1.54) is 0 Å². The summed E-state index contributed by atoms with van der Waals surface area (Å²) in [6.07, 6.45) is 0.452. The van der Waals surface area contributed by atoms with Gasteiger partial charge in [0.1, 0.15) is 6.61 Å². The normalized spacial score (nSPS) is 23.7. The van der Waals surface area contributed by atoms with Gasteiger partial charge in [0, 0.05) is 23.4 Å². The fraction of sp³-hybridized carbons (Fsp3) is 0.360. The van der Waals surface area contributed by atoms with E-state index >= 15 is 0 Å². The van der Waals surface area contributed by atoms with Crippen molar-refractivity contribution in [3.8, 4) is 0 Å². The molecule has 6 heteroatoms. The molecule has 0 saturated carbocycles. The highest BCUT2D eigenvalue weighted by atomic mass is 32.2. The van der Waals surface area contributed by atoms with Crippen LogP contribution >= 0.6 is 11.8 Å². The van der Waals surface area contributed by atoms with E-state index in [4.69, 9.17) is 4.74 Å². The van der Waals surface area contributed by atoms with Crippen LogP contribution in [0.1, 0.15) is 25.0 Å². The number of hydrogen-bond acceptors (Lipinski definition) is 6. The van der Waals surface area contributed by atoms with Crippen LogP contribution in [0.25, 0.3) is 0 Å². The fourth-order valence-electron chi connectivity index (χ4n) is 4.27. The van der Waals surface area contributed by atoms with Crippen molar-refractivity contribution in [1.82, 2.24) is 10.6 Å². The molecule has 0 aromatic heterocycles. The van der Waals surface area contributed by atoms with E-state index in [0.29, 0.717) is 12.5 Å². The molecule has 0 bridgehead atoms. The van der Waals surface area contributed by atoms with Crippen molar-refractivity contribution in [2.45, 2.75) is 39.0 Å². The summed E-state index contributed by atoms with van der Waals surface area (Å²) in [5, 5.41) is 6.94. The predicted molar refractivity (Wildman–Crippen MR) is 123 cm³/mol. The minimum atomic E-state index is -0.976. The Balaban J connectivity index is 1.61. The topological polar surface area (TPSA) is 67.4 Å². The first kappa shape index (κ1) is 21.8. The Bertz CT molecular complexity index is 977. The highest BCUT2D eigenvalue weighted by Crippen LogP contribution is 2.43. The largest absolute Gasteiger partial charge is 0.455 e. The van der Waals surface area contributed by atoms with Gasteiger partial charge in [-0.15, -0.1) is 11.8 Å². The Morgan fingerprint density at radius 3 is 2.35 bits per heavy atom. The molecule has 0 spiro atoms. The summed E-state index contributed by atoms with van der Waals surface area (Å²) in [7, 11) is 0. The third-order valence-electron chi connectivity index (χ3n) is 6.29. The Morgan fingerprint density at radius 1 is 1.03 bits per heavy atom. The summed E-state index contributed by atoms with van der Waals surface area (Å²) < 4.78 is 5.43. The standard InChI is InChI=1S/C25H28N2O3S/c1-17(22-21-20(15-31-22)26-16-27-21)25(2,13-18-9-5-3-6-10-18)23(28)24(29)30-14-19-11-7-4-8-12-19/h3-12,20-21,26-27H,13-16H2,1-2H3/t20-,21-,25?/m1/s1. The van der Waals surface area contributed by atoms with E-state index in [2.05, 4.69) is 10.6 Å². The van der Waals surface area contributed by atoms with Crippen LogP contribution in [0.4, 0.5) is 0 Å². The Morgan fingerprint density at radius 2 is 1.68 bits per heavy atom. The number of thioether (sulfide) groups is 1. The molecule has 2 aliphatic heterocycles. The van der Waals surface area contributed by atoms with Crippen molar-refractivity contribution in [3.63, 3.8) is 0 Å². The second-order valence-electron chi connectivity index (χ2n) is 8.35. The number of Topliss-reactive ketones (excluding diaryl/α,β-unsaturated/α-hetero) is 1. The van der Waals surface area contributed by atoms with Crippen molar-refractivity contribution < 1.29 is 14.3 Å². The first-order valence-corrected chi connectivity index (χ1v) is 11.6. The minimum Gasteiger partial charge on any atom is -0.455 e. The average molecular weight is 437 g/mol. The number of fused-ring (bicyclic) bond motifs is 1. The maximum absolute atomic E-state index is 13.5. The van der Waals surface area contributed by atoms with Gasteiger partial charge in [0.15, 0.2) is 0 Å². The fourth-order valence-corrected chi connectivity index (χ4v) is 5.81. The Labute approximate surface area is 187 Å². The molecule has 2 saturated heterocycles. The van der Waals surface area contributed by atoms with Gasteiger partial charge < -0.3 is 4.74 Å². The van der Waals surface area contributed by atoms with Crippen LogP contribution in [0.5, 0.6) is 0 Å². The molecule has 2 heterocycles. The van der Waals surface area contributed by atoms with Gasteiger partial charge in [-0.2, -0.15) is 0 Å². The lowest BCUT2D eigenvalue weighted by Crippen LogP contribution is -2.40. The van der Waals surface area contributed by atoms with Crippen LogP contribution in [0, 0.1) is 5.41 Å². The number of esters is 1. The maximum atomic E-state index is 13.5. The van der Waals surface area contributed by atoms with Crippen molar-refractivity contribution in [3.05, 3.63) is 82.3 Å². The molecule has 4 rings (SSSR count). The van der Waals surface area contributed by atoms with E-state index in [1.807, 2.05) is 74.5 Å². The highest BCUT2D eigenvalue weighted by molar-refractivity contribution is 8.03. The number of nitrogens with one attached hydrogen (secondary N) is 2. The number of benzene rings is 2. The Kier molecular flexibility index (Phi) is 6.60. The van der Waals surface area contributed by atoms with Gasteiger partial charge in [-0.1, -0.05) is 60.7 Å². The second-order valence-corrected chi connectivity index (χ2v) is 9.42. The monoisotopic (exact) mass is 436 g/mol. The molecule has 2 aromatic carbocycles. The van der Waals surface area contributed by atoms with Crippen LogP contribution in [0.2, 0.25) is 0 Å². The van der Waals surface area contributed by atoms with Crippen molar-refractivity contribution in [1.29, 1.82) is 0 Å². The molecule has 0 amide bonds. The third kappa shape index (κ3) is 4.61. The van der Waals surface area contributed by atoms with Crippen LogP contribution in [0.15, 0.2) is 71.1 Å². The zero-order valence-electron chi connectivity index (χ0n) is 17.9. The number of carbonyl (C=O) groups excluding carboxylic acids is 2. The minimum absolute atomic E-state index is 0.0906. The van der Waals surface area contributed by atoms with E-state index in [-0.39, 0.29) is 12.6 Å². The molecule has 2 aromatic rings. The van der Waals surface area contributed by atoms with Gasteiger partial charge in [0.25, 0.3) is 0 Å². The maximum Gasteiger partial charge on any atom is 0.375 e. The van der Waals surface area contributed by atoms with E-state index < -0.39 is 17.2 Å². The quantitative estimate of drug-likeness (QED) is 0.512. The number of ketones is 1. The second kappa shape index (κ2) is 9.39. The molecule has 2 fully saturated rings. The number of ether oxygens (including phenoxy) is 1. The number of carbonyl (C=O) groups is 2. The smallest absolute Gasteiger partial charge is 0.375 e. The number of hydrogen-bond donors (Lipinski definition) is 2. The van der Waals surface area contributed by atoms with Gasteiger partial charge in [-0.05, 0) is 37.0 Å². The van der Waals surface area contributed by atoms with Crippen LogP contribution < -0.4 is 10.6 Å². The summed E-state index contributed by atoms with van der Waals surface area (Å²) in [5.74, 6) is -0.315. The van der Waals surface area contributed by atoms with E-state index in [9.17, 15) is 9.59 Å². The molecule has 5 nitrogen and oxygen atoms in total. The molecule has 2 aliphatic rings. The number of rotatable bonds is 7. The molecule has 162 valence electrons. The molecule has 2 N–H and O–H groups in total. The summed E-state index contributed by atoms with van der Waals surface area (Å²) in [6, 6.07) is 19.8. The lowest BCUT2D eigenvalue weighted by atomic mass is 9.73. The molecule has 31 heavy (non-hydrogen) atoms. The Hall–Kier alpha value is -2.41. The van der Waals surface area contributed by atoms with Crippen LogP contribution in [-0.4, -0.2) is 36.3 Å². The van der Waals surface area contributed by atoms with Gasteiger partial charge in [-0.25, -0.2) is 4.79 Å². The van der Waals surface area contributed by atoms with Crippen LogP contribution in [-0.2, 0) is 27.4 Å². The predicted octanol–water partition coefficient (Wildman–Crippen LogP) is 3.46. The van der Waals surface area contributed by atoms with Gasteiger partial charge in [0.05, 0.1) is 11.5 Å². The zero-order chi connectivity index (χ0) is 21.8. The SMILES string of the molecule is CC(=C1SC[C@H]2NCN[C@@H]12)C(C)(Cc1ccccc1)C(=O)C(=O)OCc1ccccc1. The van der Waals surface area contributed by atoms with Gasteiger partial charge in [-0.3, -0.25) is 15.4 Å². The highest BCUT2D eigenvalue weighted by Gasteiger charge is 2.45. The summed E-state index contributed by atoms with van der Waals surface area (Å²) in [4.78, 5) is 27.6. The van der Waals surface area contributed by atoms with Crippen molar-refractivity contribution in [2.24, 2.45) is 5.41 Å². The summed E-state index contributed by atoms with van der Waals surface area (Å²) in [5.41, 5.74) is 1.85.